The van der Waals surface area contributed by atoms with Crippen LogP contribution in [0.3, 0.4) is 0 Å². The molecule has 0 heterocycles. The summed E-state index contributed by atoms with van der Waals surface area (Å²) in [5.41, 5.74) is 3.01. The highest BCUT2D eigenvalue weighted by atomic mass is 32.2. The Bertz CT molecular complexity index is 642. The van der Waals surface area contributed by atoms with Gasteiger partial charge in [-0.15, -0.1) is 11.8 Å². The first-order valence-electron chi connectivity index (χ1n) is 7.79. The molecule has 0 bridgehead atoms. The first-order chi connectivity index (χ1) is 11.1. The lowest BCUT2D eigenvalue weighted by atomic mass is 10.1. The zero-order valence-electron chi connectivity index (χ0n) is 13.5. The van der Waals surface area contributed by atoms with Crippen molar-refractivity contribution in [1.29, 1.82) is 0 Å². The molecule has 0 saturated carbocycles. The van der Waals surface area contributed by atoms with Crippen LogP contribution in [0.4, 0.5) is 4.39 Å². The zero-order chi connectivity index (χ0) is 16.7. The van der Waals surface area contributed by atoms with E-state index in [0.29, 0.717) is 17.1 Å². The van der Waals surface area contributed by atoms with Crippen LogP contribution in [0.5, 0.6) is 0 Å². The summed E-state index contributed by atoms with van der Waals surface area (Å²) >= 11 is 1.42. The van der Waals surface area contributed by atoms with Crippen molar-refractivity contribution in [2.45, 2.75) is 32.1 Å². The minimum Gasteiger partial charge on any atom is -0.349 e. The summed E-state index contributed by atoms with van der Waals surface area (Å²) in [4.78, 5) is 12.0. The molecule has 122 valence electrons. The molecule has 0 fully saturated rings. The highest BCUT2D eigenvalue weighted by Crippen LogP contribution is 2.17. The second kappa shape index (κ2) is 8.73. The number of carbonyl (C=O) groups excluding carboxylic acids is 1. The monoisotopic (exact) mass is 331 g/mol. The van der Waals surface area contributed by atoms with Crippen LogP contribution in [-0.4, -0.2) is 11.7 Å². The maximum absolute atomic E-state index is 13.5. The van der Waals surface area contributed by atoms with Crippen LogP contribution in [0.2, 0.25) is 0 Å². The molecule has 0 aliphatic carbocycles. The Labute approximate surface area is 141 Å². The summed E-state index contributed by atoms with van der Waals surface area (Å²) in [6, 6.07) is 14.9. The van der Waals surface area contributed by atoms with Gasteiger partial charge in [0, 0.05) is 5.75 Å². The summed E-state index contributed by atoms with van der Waals surface area (Å²) in [5.74, 6) is 0.578. The zero-order valence-corrected chi connectivity index (χ0v) is 14.3. The van der Waals surface area contributed by atoms with Crippen molar-refractivity contribution in [1.82, 2.24) is 5.32 Å². The molecule has 0 unspecified atom stereocenters. The van der Waals surface area contributed by atoms with Gasteiger partial charge in [-0.3, -0.25) is 4.79 Å². The van der Waals surface area contributed by atoms with Crippen molar-refractivity contribution >= 4 is 17.7 Å². The lowest BCUT2D eigenvalue weighted by molar-refractivity contribution is -0.119. The van der Waals surface area contributed by atoms with E-state index in [9.17, 15) is 9.18 Å². The fourth-order valence-corrected chi connectivity index (χ4v) is 3.10. The van der Waals surface area contributed by atoms with Gasteiger partial charge in [0.25, 0.3) is 0 Å². The Morgan fingerprint density at radius 1 is 1.17 bits per heavy atom. The summed E-state index contributed by atoms with van der Waals surface area (Å²) in [6.45, 7) is 4.09. The summed E-state index contributed by atoms with van der Waals surface area (Å²) in [7, 11) is 0. The van der Waals surface area contributed by atoms with E-state index in [1.807, 2.05) is 6.92 Å². The summed E-state index contributed by atoms with van der Waals surface area (Å²) in [6.07, 6.45) is 1.01. The average Bonchev–Trinajstić information content (AvgIpc) is 2.56. The Morgan fingerprint density at radius 3 is 2.52 bits per heavy atom. The highest BCUT2D eigenvalue weighted by molar-refractivity contribution is 7.99. The second-order valence-electron chi connectivity index (χ2n) is 5.47. The molecule has 1 atom stereocenters. The molecule has 0 aliphatic heterocycles. The van der Waals surface area contributed by atoms with Crippen LogP contribution in [-0.2, 0) is 17.0 Å². The molecule has 0 saturated heterocycles. The molecule has 0 aromatic heterocycles. The number of amides is 1. The lowest BCUT2D eigenvalue weighted by Crippen LogP contribution is -2.28. The van der Waals surface area contributed by atoms with Crippen LogP contribution in [0.1, 0.15) is 36.6 Å². The Kier molecular flexibility index (Phi) is 6.66. The first kappa shape index (κ1) is 17.5. The number of halogens is 1. The third kappa shape index (κ3) is 5.39. The van der Waals surface area contributed by atoms with E-state index in [2.05, 4.69) is 36.5 Å². The molecular formula is C19H22FNOS. The van der Waals surface area contributed by atoms with Crippen molar-refractivity contribution in [3.8, 4) is 0 Å². The van der Waals surface area contributed by atoms with Gasteiger partial charge < -0.3 is 5.32 Å². The van der Waals surface area contributed by atoms with Crippen molar-refractivity contribution in [3.05, 3.63) is 71.0 Å². The third-order valence-corrected chi connectivity index (χ3v) is 4.70. The van der Waals surface area contributed by atoms with Gasteiger partial charge in [-0.05, 0) is 36.1 Å². The molecule has 23 heavy (non-hydrogen) atoms. The smallest absolute Gasteiger partial charge is 0.230 e. The van der Waals surface area contributed by atoms with Gasteiger partial charge in [-0.25, -0.2) is 4.39 Å². The van der Waals surface area contributed by atoms with E-state index >= 15 is 0 Å². The fraction of sp³-hybridized carbons (Fsp3) is 0.316. The van der Waals surface area contributed by atoms with Gasteiger partial charge in [0.15, 0.2) is 0 Å². The van der Waals surface area contributed by atoms with E-state index in [0.717, 1.165) is 12.0 Å². The highest BCUT2D eigenvalue weighted by Gasteiger charge is 2.10. The lowest BCUT2D eigenvalue weighted by Gasteiger charge is -2.14. The van der Waals surface area contributed by atoms with E-state index in [1.165, 1.54) is 23.4 Å². The molecule has 1 amide bonds. The molecule has 1 N–H and O–H groups in total. The predicted molar refractivity (Wildman–Crippen MR) is 94.9 cm³/mol. The first-order valence-corrected chi connectivity index (χ1v) is 8.95. The van der Waals surface area contributed by atoms with Crippen LogP contribution < -0.4 is 5.32 Å². The number of carbonyl (C=O) groups is 1. The summed E-state index contributed by atoms with van der Waals surface area (Å²) in [5, 5.41) is 2.98. The Morgan fingerprint density at radius 2 is 1.87 bits per heavy atom. The Hall–Kier alpha value is -1.81. The van der Waals surface area contributed by atoms with E-state index < -0.39 is 0 Å². The minimum atomic E-state index is -0.218. The van der Waals surface area contributed by atoms with Gasteiger partial charge in [-0.1, -0.05) is 49.4 Å². The van der Waals surface area contributed by atoms with E-state index in [1.54, 1.807) is 18.2 Å². The number of rotatable bonds is 7. The SMILES string of the molecule is CCc1ccc([C@H](C)NC(=O)CSCc2ccccc2F)cc1. The molecule has 2 aromatic carbocycles. The molecule has 0 radical (unpaired) electrons. The predicted octanol–water partition coefficient (Wildman–Crippen LogP) is 4.50. The number of aryl methyl sites for hydroxylation is 1. The maximum Gasteiger partial charge on any atom is 0.230 e. The molecule has 0 spiro atoms. The van der Waals surface area contributed by atoms with Gasteiger partial charge in [0.2, 0.25) is 5.91 Å². The number of thioether (sulfide) groups is 1. The second-order valence-corrected chi connectivity index (χ2v) is 6.45. The van der Waals surface area contributed by atoms with Crippen molar-refractivity contribution in [3.63, 3.8) is 0 Å². The number of nitrogens with one attached hydrogen (secondary N) is 1. The standard InChI is InChI=1S/C19H22FNOS/c1-3-15-8-10-16(11-9-15)14(2)21-19(22)13-23-12-17-6-4-5-7-18(17)20/h4-11,14H,3,12-13H2,1-2H3,(H,21,22)/t14-/m0/s1. The van der Waals surface area contributed by atoms with Crippen molar-refractivity contribution < 1.29 is 9.18 Å². The van der Waals surface area contributed by atoms with Crippen LogP contribution >= 0.6 is 11.8 Å². The number of hydrogen-bond donors (Lipinski definition) is 1. The van der Waals surface area contributed by atoms with Crippen LogP contribution in [0.25, 0.3) is 0 Å². The molecule has 0 aliphatic rings. The molecule has 2 rings (SSSR count). The van der Waals surface area contributed by atoms with Gasteiger partial charge in [0.05, 0.1) is 11.8 Å². The molecule has 2 aromatic rings. The molecular weight excluding hydrogens is 309 g/mol. The van der Waals surface area contributed by atoms with Crippen molar-refractivity contribution in [2.75, 3.05) is 5.75 Å². The Balaban J connectivity index is 1.78. The van der Waals surface area contributed by atoms with Crippen LogP contribution in [0.15, 0.2) is 48.5 Å². The summed E-state index contributed by atoms with van der Waals surface area (Å²) < 4.78 is 13.5. The third-order valence-electron chi connectivity index (χ3n) is 3.71. The van der Waals surface area contributed by atoms with E-state index in [-0.39, 0.29) is 17.8 Å². The van der Waals surface area contributed by atoms with Gasteiger partial charge in [-0.2, -0.15) is 0 Å². The molecule has 2 nitrogen and oxygen atoms in total. The van der Waals surface area contributed by atoms with Crippen LogP contribution in [0, 0.1) is 5.82 Å². The number of hydrogen-bond acceptors (Lipinski definition) is 2. The molecule has 4 heteroatoms. The van der Waals surface area contributed by atoms with E-state index in [4.69, 9.17) is 0 Å². The number of benzene rings is 2. The quantitative estimate of drug-likeness (QED) is 0.809. The largest absolute Gasteiger partial charge is 0.349 e. The average molecular weight is 331 g/mol. The normalized spacial score (nSPS) is 12.0. The van der Waals surface area contributed by atoms with Gasteiger partial charge in [0.1, 0.15) is 5.82 Å². The topological polar surface area (TPSA) is 29.1 Å². The van der Waals surface area contributed by atoms with Crippen molar-refractivity contribution in [2.24, 2.45) is 0 Å². The maximum atomic E-state index is 13.5. The minimum absolute atomic E-state index is 0.0255. The van der Waals surface area contributed by atoms with Gasteiger partial charge >= 0.3 is 0 Å². The fourth-order valence-electron chi connectivity index (χ4n) is 2.28.